The van der Waals surface area contributed by atoms with Crippen molar-refractivity contribution in [3.05, 3.63) is 47.8 Å². The monoisotopic (exact) mass is 375 g/mol. The molecule has 0 spiro atoms. The number of aromatic nitrogens is 3. The molecule has 0 radical (unpaired) electrons. The molecule has 7 heteroatoms. The normalized spacial score (nSPS) is 11.4. The predicted octanol–water partition coefficient (Wildman–Crippen LogP) is 3.83. The topological polar surface area (TPSA) is 77.2 Å². The lowest BCUT2D eigenvalue weighted by Gasteiger charge is -2.23. The second-order valence-electron chi connectivity index (χ2n) is 7.02. The number of carbonyl (C=O) groups is 1. The Labute approximate surface area is 158 Å². The number of aliphatic carboxylic acids is 1. The van der Waals surface area contributed by atoms with E-state index in [0.29, 0.717) is 17.5 Å². The van der Waals surface area contributed by atoms with Crippen LogP contribution in [0.2, 0.25) is 0 Å². The van der Waals surface area contributed by atoms with Crippen LogP contribution in [0.1, 0.15) is 37.7 Å². The third-order valence-electron chi connectivity index (χ3n) is 3.73. The van der Waals surface area contributed by atoms with Crippen LogP contribution in [0.25, 0.3) is 0 Å². The molecule has 0 aliphatic heterocycles. The molecular formula is C19H25N3O3S. The summed E-state index contributed by atoms with van der Waals surface area (Å²) in [7, 11) is 0. The van der Waals surface area contributed by atoms with Crippen LogP contribution in [0.5, 0.6) is 5.75 Å². The fourth-order valence-electron chi connectivity index (χ4n) is 2.47. The van der Waals surface area contributed by atoms with Crippen LogP contribution in [-0.2, 0) is 23.4 Å². The Morgan fingerprint density at radius 1 is 1.38 bits per heavy atom. The lowest BCUT2D eigenvalue weighted by molar-refractivity contribution is -0.133. The van der Waals surface area contributed by atoms with Crippen molar-refractivity contribution in [2.75, 3.05) is 5.75 Å². The number of allylic oxidation sites excluding steroid dienone is 1. The maximum absolute atomic E-state index is 10.8. The summed E-state index contributed by atoms with van der Waals surface area (Å²) in [5, 5.41) is 17.7. The highest BCUT2D eigenvalue weighted by atomic mass is 32.2. The van der Waals surface area contributed by atoms with Gasteiger partial charge in [-0.2, -0.15) is 0 Å². The Morgan fingerprint density at radius 2 is 2.12 bits per heavy atom. The van der Waals surface area contributed by atoms with Crippen LogP contribution < -0.4 is 4.74 Å². The van der Waals surface area contributed by atoms with Crippen LogP contribution >= 0.6 is 11.8 Å². The summed E-state index contributed by atoms with van der Waals surface area (Å²) in [6.07, 6.45) is 1.73. The van der Waals surface area contributed by atoms with Gasteiger partial charge in [0.05, 0.1) is 5.75 Å². The lowest BCUT2D eigenvalue weighted by Crippen LogP contribution is -2.15. The van der Waals surface area contributed by atoms with Crippen LogP contribution in [-0.4, -0.2) is 31.6 Å². The van der Waals surface area contributed by atoms with Crippen molar-refractivity contribution in [3.63, 3.8) is 0 Å². The van der Waals surface area contributed by atoms with Gasteiger partial charge in [0, 0.05) is 6.54 Å². The number of aryl methyl sites for hydroxylation is 1. The lowest BCUT2D eigenvalue weighted by atomic mass is 9.85. The first-order valence-electron chi connectivity index (χ1n) is 8.34. The van der Waals surface area contributed by atoms with Gasteiger partial charge in [-0.1, -0.05) is 56.3 Å². The summed E-state index contributed by atoms with van der Waals surface area (Å²) in [5.41, 5.74) is 2.27. The maximum Gasteiger partial charge on any atom is 0.313 e. The predicted molar refractivity (Wildman–Crippen MR) is 103 cm³/mol. The summed E-state index contributed by atoms with van der Waals surface area (Å²) in [6.45, 7) is 13.0. The van der Waals surface area contributed by atoms with Gasteiger partial charge in [-0.25, -0.2) is 0 Å². The number of carboxylic acids is 1. The third kappa shape index (κ3) is 5.11. The van der Waals surface area contributed by atoms with Gasteiger partial charge in [0.25, 0.3) is 0 Å². The molecule has 0 unspecified atom stereocenters. The molecule has 0 saturated heterocycles. The molecule has 0 amide bonds. The molecule has 0 bridgehead atoms. The Bertz CT molecular complexity index is 794. The van der Waals surface area contributed by atoms with Crippen LogP contribution in [0, 0.1) is 6.92 Å². The SMILES string of the molecule is C=CCn1c(COc2ccc(C)cc2C(C)(C)C)nnc1SCC(=O)O. The molecule has 6 nitrogen and oxygen atoms in total. The minimum absolute atomic E-state index is 0.0430. The Morgan fingerprint density at radius 3 is 2.73 bits per heavy atom. The van der Waals surface area contributed by atoms with Crippen molar-refractivity contribution in [1.82, 2.24) is 14.8 Å². The van der Waals surface area contributed by atoms with Gasteiger partial charge in [0.15, 0.2) is 11.0 Å². The van der Waals surface area contributed by atoms with E-state index in [2.05, 4.69) is 50.5 Å². The third-order valence-corrected chi connectivity index (χ3v) is 4.68. The average Bonchev–Trinajstić information content (AvgIpc) is 2.93. The zero-order valence-electron chi connectivity index (χ0n) is 15.7. The number of benzene rings is 1. The molecule has 0 fully saturated rings. The minimum Gasteiger partial charge on any atom is -0.485 e. The van der Waals surface area contributed by atoms with Gasteiger partial charge in [-0.15, -0.1) is 16.8 Å². The standard InChI is InChI=1S/C19H25N3O3S/c1-6-9-22-16(20-21-18(22)26-12-17(23)24)11-25-15-8-7-13(2)10-14(15)19(3,4)5/h6-8,10H,1,9,11-12H2,2-5H3,(H,23,24). The summed E-state index contributed by atoms with van der Waals surface area (Å²) < 4.78 is 7.87. The number of hydrogen-bond donors (Lipinski definition) is 1. The Hall–Kier alpha value is -2.28. The highest BCUT2D eigenvalue weighted by molar-refractivity contribution is 7.99. The first kappa shape index (κ1) is 20.0. The summed E-state index contributed by atoms with van der Waals surface area (Å²) in [6, 6.07) is 6.13. The van der Waals surface area contributed by atoms with Gasteiger partial charge in [0.2, 0.25) is 0 Å². The number of ether oxygens (including phenoxy) is 1. The second-order valence-corrected chi connectivity index (χ2v) is 7.96. The van der Waals surface area contributed by atoms with Gasteiger partial charge < -0.3 is 9.84 Å². The summed E-state index contributed by atoms with van der Waals surface area (Å²) in [4.78, 5) is 10.8. The van der Waals surface area contributed by atoms with Crippen LogP contribution in [0.3, 0.4) is 0 Å². The molecule has 1 aromatic carbocycles. The highest BCUT2D eigenvalue weighted by Gasteiger charge is 2.20. The van der Waals surface area contributed by atoms with E-state index in [1.807, 2.05) is 16.7 Å². The van der Waals surface area contributed by atoms with E-state index in [9.17, 15) is 4.79 Å². The second kappa shape index (κ2) is 8.40. The van der Waals surface area contributed by atoms with Crippen molar-refractivity contribution in [1.29, 1.82) is 0 Å². The molecule has 2 aromatic rings. The zero-order chi connectivity index (χ0) is 19.3. The molecule has 0 atom stereocenters. The quantitative estimate of drug-likeness (QED) is 0.558. The van der Waals surface area contributed by atoms with Gasteiger partial charge in [0.1, 0.15) is 12.4 Å². The van der Waals surface area contributed by atoms with Crippen molar-refractivity contribution in [3.8, 4) is 5.75 Å². The van der Waals surface area contributed by atoms with E-state index in [1.165, 1.54) is 5.56 Å². The molecule has 1 N–H and O–H groups in total. The average molecular weight is 375 g/mol. The van der Waals surface area contributed by atoms with Gasteiger partial charge in [-0.05, 0) is 24.0 Å². The molecule has 26 heavy (non-hydrogen) atoms. The van der Waals surface area contributed by atoms with Crippen LogP contribution in [0.4, 0.5) is 0 Å². The highest BCUT2D eigenvalue weighted by Crippen LogP contribution is 2.32. The Kier molecular flexibility index (Phi) is 6.47. The maximum atomic E-state index is 10.8. The molecule has 140 valence electrons. The van der Waals surface area contributed by atoms with E-state index >= 15 is 0 Å². The largest absolute Gasteiger partial charge is 0.485 e. The fraction of sp³-hybridized carbons (Fsp3) is 0.421. The smallest absolute Gasteiger partial charge is 0.313 e. The molecule has 2 rings (SSSR count). The number of hydrogen-bond acceptors (Lipinski definition) is 5. The van der Waals surface area contributed by atoms with E-state index in [-0.39, 0.29) is 17.8 Å². The fourth-order valence-corrected chi connectivity index (χ4v) is 3.16. The minimum atomic E-state index is -0.893. The number of rotatable bonds is 8. The number of carboxylic acid groups (broad SMARTS) is 1. The van der Waals surface area contributed by atoms with Crippen molar-refractivity contribution in [2.24, 2.45) is 0 Å². The first-order valence-corrected chi connectivity index (χ1v) is 9.32. The molecule has 1 heterocycles. The van der Waals surface area contributed by atoms with E-state index in [1.54, 1.807) is 6.08 Å². The number of thioether (sulfide) groups is 1. The zero-order valence-corrected chi connectivity index (χ0v) is 16.5. The van der Waals surface area contributed by atoms with Gasteiger partial charge >= 0.3 is 5.97 Å². The van der Waals surface area contributed by atoms with Crippen molar-refractivity contribution >= 4 is 17.7 Å². The molecule has 0 aliphatic rings. The van der Waals surface area contributed by atoms with Crippen molar-refractivity contribution in [2.45, 2.75) is 51.4 Å². The van der Waals surface area contributed by atoms with E-state index in [4.69, 9.17) is 9.84 Å². The Balaban J connectivity index is 2.22. The molecule has 1 aromatic heterocycles. The molecular weight excluding hydrogens is 350 g/mol. The van der Waals surface area contributed by atoms with E-state index in [0.717, 1.165) is 23.1 Å². The molecule has 0 saturated carbocycles. The van der Waals surface area contributed by atoms with Gasteiger partial charge in [-0.3, -0.25) is 9.36 Å². The first-order chi connectivity index (χ1) is 12.2. The summed E-state index contributed by atoms with van der Waals surface area (Å²) in [5.74, 6) is 0.493. The van der Waals surface area contributed by atoms with Crippen molar-refractivity contribution < 1.29 is 14.6 Å². The summed E-state index contributed by atoms with van der Waals surface area (Å²) >= 11 is 1.13. The molecule has 0 aliphatic carbocycles. The number of nitrogens with zero attached hydrogens (tertiary/aromatic N) is 3. The van der Waals surface area contributed by atoms with E-state index < -0.39 is 5.97 Å². The van der Waals surface area contributed by atoms with Crippen LogP contribution in [0.15, 0.2) is 36.0 Å².